The quantitative estimate of drug-likeness (QED) is 0.808. The van der Waals surface area contributed by atoms with E-state index in [1.807, 2.05) is 19.1 Å². The van der Waals surface area contributed by atoms with Crippen LogP contribution in [0.4, 0.5) is 4.39 Å². The average molecular weight is 287 g/mol. The van der Waals surface area contributed by atoms with Gasteiger partial charge in [0.25, 0.3) is 0 Å². The van der Waals surface area contributed by atoms with E-state index in [1.54, 1.807) is 6.07 Å². The lowest BCUT2D eigenvalue weighted by Gasteiger charge is -2.14. The molecule has 21 heavy (non-hydrogen) atoms. The number of aryl methyl sites for hydroxylation is 1. The van der Waals surface area contributed by atoms with E-state index in [0.717, 1.165) is 24.3 Å². The van der Waals surface area contributed by atoms with Gasteiger partial charge in [0.15, 0.2) is 0 Å². The monoisotopic (exact) mass is 287 g/mol. The molecular weight excluding hydrogens is 265 g/mol. The van der Waals surface area contributed by atoms with Crippen LogP contribution in [0.15, 0.2) is 42.5 Å². The molecule has 0 heterocycles. The molecule has 0 saturated carbocycles. The minimum absolute atomic E-state index is 0.244. The summed E-state index contributed by atoms with van der Waals surface area (Å²) >= 11 is 0. The van der Waals surface area contributed by atoms with Gasteiger partial charge in [0.1, 0.15) is 17.3 Å². The average Bonchev–Trinajstić information content (AvgIpc) is 2.48. The molecule has 1 N–H and O–H groups in total. The summed E-state index contributed by atoms with van der Waals surface area (Å²) in [6.45, 7) is 7.15. The van der Waals surface area contributed by atoms with Gasteiger partial charge < -0.3 is 10.1 Å². The van der Waals surface area contributed by atoms with Gasteiger partial charge in [-0.15, -0.1) is 0 Å². The summed E-state index contributed by atoms with van der Waals surface area (Å²) < 4.78 is 18.9. The molecular formula is C18H22FNO. The normalized spacial score (nSPS) is 12.2. The standard InChI is InChI=1S/C18H22FNO/c1-4-11-20-14(3)15-5-8-17(9-6-15)21-18-10-7-16(19)12-13(18)2/h5-10,12,14,20H,4,11H2,1-3H3. The maximum absolute atomic E-state index is 13.1. The maximum atomic E-state index is 13.1. The van der Waals surface area contributed by atoms with Crippen LogP contribution in [-0.2, 0) is 0 Å². The molecule has 0 amide bonds. The van der Waals surface area contributed by atoms with Gasteiger partial charge in [-0.3, -0.25) is 0 Å². The predicted octanol–water partition coefficient (Wildman–Crippen LogP) is 4.99. The molecule has 0 aliphatic heterocycles. The molecule has 0 bridgehead atoms. The Morgan fingerprint density at radius 1 is 1.14 bits per heavy atom. The van der Waals surface area contributed by atoms with E-state index >= 15 is 0 Å². The Morgan fingerprint density at radius 3 is 2.48 bits per heavy atom. The summed E-state index contributed by atoms with van der Waals surface area (Å²) in [5, 5.41) is 3.45. The van der Waals surface area contributed by atoms with E-state index in [2.05, 4.69) is 31.3 Å². The molecule has 1 atom stereocenters. The van der Waals surface area contributed by atoms with Crippen LogP contribution in [0.2, 0.25) is 0 Å². The Balaban J connectivity index is 2.05. The first kappa shape index (κ1) is 15.5. The molecule has 2 aromatic carbocycles. The van der Waals surface area contributed by atoms with Crippen LogP contribution < -0.4 is 10.1 Å². The van der Waals surface area contributed by atoms with E-state index in [0.29, 0.717) is 11.8 Å². The zero-order valence-corrected chi connectivity index (χ0v) is 12.8. The second-order valence-corrected chi connectivity index (χ2v) is 5.26. The Bertz CT molecular complexity index is 580. The number of nitrogens with one attached hydrogen (secondary N) is 1. The third-order valence-electron chi connectivity index (χ3n) is 3.45. The van der Waals surface area contributed by atoms with E-state index in [1.165, 1.54) is 17.7 Å². The highest BCUT2D eigenvalue weighted by Crippen LogP contribution is 2.26. The summed E-state index contributed by atoms with van der Waals surface area (Å²) in [5.74, 6) is 1.20. The highest BCUT2D eigenvalue weighted by atomic mass is 19.1. The summed E-state index contributed by atoms with van der Waals surface area (Å²) in [6, 6.07) is 12.9. The molecule has 0 spiro atoms. The van der Waals surface area contributed by atoms with Crippen molar-refractivity contribution in [2.75, 3.05) is 6.54 Å². The Labute approximate surface area is 126 Å². The van der Waals surface area contributed by atoms with E-state index in [4.69, 9.17) is 4.74 Å². The van der Waals surface area contributed by atoms with Crippen molar-refractivity contribution in [2.24, 2.45) is 0 Å². The van der Waals surface area contributed by atoms with Crippen LogP contribution in [-0.4, -0.2) is 6.54 Å². The van der Waals surface area contributed by atoms with Crippen molar-refractivity contribution < 1.29 is 9.13 Å². The second kappa shape index (κ2) is 7.23. The first-order chi connectivity index (χ1) is 10.1. The van der Waals surface area contributed by atoms with Crippen LogP contribution in [0.3, 0.4) is 0 Å². The van der Waals surface area contributed by atoms with Gasteiger partial charge in [0, 0.05) is 6.04 Å². The minimum atomic E-state index is -0.244. The zero-order valence-electron chi connectivity index (χ0n) is 12.8. The number of ether oxygens (including phenoxy) is 1. The van der Waals surface area contributed by atoms with Crippen LogP contribution in [0.25, 0.3) is 0 Å². The molecule has 2 rings (SSSR count). The van der Waals surface area contributed by atoms with Crippen molar-refractivity contribution in [1.82, 2.24) is 5.32 Å². The smallest absolute Gasteiger partial charge is 0.130 e. The van der Waals surface area contributed by atoms with Gasteiger partial charge in [-0.2, -0.15) is 0 Å². The third-order valence-corrected chi connectivity index (χ3v) is 3.45. The van der Waals surface area contributed by atoms with Gasteiger partial charge in [-0.1, -0.05) is 19.1 Å². The number of halogens is 1. The molecule has 0 radical (unpaired) electrons. The number of hydrogen-bond donors (Lipinski definition) is 1. The van der Waals surface area contributed by atoms with Crippen molar-refractivity contribution in [3.8, 4) is 11.5 Å². The second-order valence-electron chi connectivity index (χ2n) is 5.26. The lowest BCUT2D eigenvalue weighted by atomic mass is 10.1. The van der Waals surface area contributed by atoms with Gasteiger partial charge >= 0.3 is 0 Å². The molecule has 0 aromatic heterocycles. The molecule has 1 unspecified atom stereocenters. The Kier molecular flexibility index (Phi) is 5.34. The fourth-order valence-corrected chi connectivity index (χ4v) is 2.16. The fourth-order valence-electron chi connectivity index (χ4n) is 2.16. The van der Waals surface area contributed by atoms with Crippen LogP contribution in [0.1, 0.15) is 37.4 Å². The molecule has 112 valence electrons. The summed E-state index contributed by atoms with van der Waals surface area (Å²) in [7, 11) is 0. The van der Waals surface area contributed by atoms with Crippen molar-refractivity contribution in [2.45, 2.75) is 33.2 Å². The van der Waals surface area contributed by atoms with Crippen LogP contribution in [0.5, 0.6) is 11.5 Å². The molecule has 2 nitrogen and oxygen atoms in total. The Hall–Kier alpha value is -1.87. The summed E-state index contributed by atoms with van der Waals surface area (Å²) in [6.07, 6.45) is 1.12. The van der Waals surface area contributed by atoms with E-state index in [-0.39, 0.29) is 5.82 Å². The summed E-state index contributed by atoms with van der Waals surface area (Å²) in [5.41, 5.74) is 2.02. The molecule has 0 fully saturated rings. The van der Waals surface area contributed by atoms with E-state index < -0.39 is 0 Å². The van der Waals surface area contributed by atoms with Gasteiger partial charge in [0.2, 0.25) is 0 Å². The molecule has 0 aliphatic carbocycles. The third kappa shape index (κ3) is 4.30. The first-order valence-electron chi connectivity index (χ1n) is 7.37. The Morgan fingerprint density at radius 2 is 1.86 bits per heavy atom. The SMILES string of the molecule is CCCNC(C)c1ccc(Oc2ccc(F)cc2C)cc1. The molecule has 0 aliphatic rings. The fraction of sp³-hybridized carbons (Fsp3) is 0.333. The molecule has 2 aromatic rings. The van der Waals surface area contributed by atoms with Crippen LogP contribution in [0, 0.1) is 12.7 Å². The lowest BCUT2D eigenvalue weighted by molar-refractivity contribution is 0.475. The number of rotatable bonds is 6. The number of hydrogen-bond acceptors (Lipinski definition) is 2. The number of benzene rings is 2. The molecule has 0 saturated heterocycles. The topological polar surface area (TPSA) is 21.3 Å². The van der Waals surface area contributed by atoms with E-state index in [9.17, 15) is 4.39 Å². The molecule has 3 heteroatoms. The highest BCUT2D eigenvalue weighted by Gasteiger charge is 2.06. The summed E-state index contributed by atoms with van der Waals surface area (Å²) in [4.78, 5) is 0. The van der Waals surface area contributed by atoms with Crippen molar-refractivity contribution >= 4 is 0 Å². The first-order valence-corrected chi connectivity index (χ1v) is 7.37. The minimum Gasteiger partial charge on any atom is -0.457 e. The zero-order chi connectivity index (χ0) is 15.2. The van der Waals surface area contributed by atoms with Gasteiger partial charge in [0.05, 0.1) is 0 Å². The van der Waals surface area contributed by atoms with Crippen molar-refractivity contribution in [1.29, 1.82) is 0 Å². The largest absolute Gasteiger partial charge is 0.457 e. The van der Waals surface area contributed by atoms with Gasteiger partial charge in [-0.05, 0) is 68.3 Å². The van der Waals surface area contributed by atoms with Crippen LogP contribution >= 0.6 is 0 Å². The maximum Gasteiger partial charge on any atom is 0.130 e. The van der Waals surface area contributed by atoms with Crippen molar-refractivity contribution in [3.05, 3.63) is 59.4 Å². The predicted molar refractivity (Wildman–Crippen MR) is 84.4 cm³/mol. The van der Waals surface area contributed by atoms with Gasteiger partial charge in [-0.25, -0.2) is 4.39 Å². The lowest BCUT2D eigenvalue weighted by Crippen LogP contribution is -2.19. The highest BCUT2D eigenvalue weighted by molar-refractivity contribution is 5.38. The van der Waals surface area contributed by atoms with Crippen molar-refractivity contribution in [3.63, 3.8) is 0 Å².